The molecule has 3 aromatic heterocycles. The summed E-state index contributed by atoms with van der Waals surface area (Å²) in [5, 5.41) is 15.6. The maximum absolute atomic E-state index is 9.34. The number of para-hydroxylation sites is 1. The molecule has 0 radical (unpaired) electrons. The van der Waals surface area contributed by atoms with Crippen molar-refractivity contribution in [3.05, 3.63) is 66.4 Å². The summed E-state index contributed by atoms with van der Waals surface area (Å²) < 4.78 is 2.09. The number of nitrogens with zero attached hydrogens (tertiary/aromatic N) is 3. The zero-order valence-corrected chi connectivity index (χ0v) is 17.2. The quantitative estimate of drug-likeness (QED) is 0.373. The fraction of sp³-hybridized carbons (Fsp3) is 0.231. The zero-order valence-electron chi connectivity index (χ0n) is 17.2. The number of hydrogen-bond donors (Lipinski definition) is 2. The molecule has 6 rings (SSSR count). The van der Waals surface area contributed by atoms with Gasteiger partial charge in [0.05, 0.1) is 11.6 Å². The van der Waals surface area contributed by atoms with Crippen LogP contribution in [0.2, 0.25) is 0 Å². The molecule has 1 saturated carbocycles. The second-order valence-corrected chi connectivity index (χ2v) is 8.47. The van der Waals surface area contributed by atoms with Gasteiger partial charge in [0, 0.05) is 39.6 Å². The summed E-state index contributed by atoms with van der Waals surface area (Å²) in [5.41, 5.74) is 5.71. The van der Waals surface area contributed by atoms with Gasteiger partial charge in [0.1, 0.15) is 17.2 Å². The number of rotatable bonds is 3. The average molecular weight is 406 g/mol. The van der Waals surface area contributed by atoms with E-state index < -0.39 is 0 Å². The van der Waals surface area contributed by atoms with Crippen LogP contribution in [0.25, 0.3) is 38.7 Å². The summed E-state index contributed by atoms with van der Waals surface area (Å²) in [6.45, 7) is 0. The van der Waals surface area contributed by atoms with Crippen molar-refractivity contribution in [1.29, 1.82) is 5.26 Å². The number of H-pyrrole nitrogens is 1. The van der Waals surface area contributed by atoms with Crippen LogP contribution >= 0.6 is 0 Å². The molecule has 1 aliphatic rings. The summed E-state index contributed by atoms with van der Waals surface area (Å²) in [7, 11) is 0. The first-order chi connectivity index (χ1) is 15.3. The van der Waals surface area contributed by atoms with E-state index in [1.807, 2.05) is 18.3 Å². The molecule has 1 aliphatic carbocycles. The lowest BCUT2D eigenvalue weighted by molar-refractivity contribution is 0.462. The van der Waals surface area contributed by atoms with E-state index in [-0.39, 0.29) is 0 Å². The van der Waals surface area contributed by atoms with Crippen LogP contribution < -0.4 is 5.32 Å². The molecular formula is C26H23N5. The first-order valence-corrected chi connectivity index (χ1v) is 11.0. The number of aromatic nitrogens is 3. The van der Waals surface area contributed by atoms with Crippen molar-refractivity contribution in [2.75, 3.05) is 5.32 Å². The monoisotopic (exact) mass is 405 g/mol. The third kappa shape index (κ3) is 3.03. The second kappa shape index (κ2) is 7.17. The maximum Gasteiger partial charge on any atom is 0.140 e. The maximum atomic E-state index is 9.34. The Morgan fingerprint density at radius 3 is 2.68 bits per heavy atom. The molecule has 31 heavy (non-hydrogen) atoms. The van der Waals surface area contributed by atoms with Gasteiger partial charge in [0.2, 0.25) is 0 Å². The van der Waals surface area contributed by atoms with Crippen molar-refractivity contribution in [1.82, 2.24) is 14.4 Å². The molecule has 5 aromatic rings. The number of benzene rings is 2. The Balaban J connectivity index is 1.54. The molecule has 0 amide bonds. The molecule has 0 unspecified atom stereocenters. The number of anilines is 1. The normalized spacial score (nSPS) is 14.9. The van der Waals surface area contributed by atoms with Gasteiger partial charge in [-0.15, -0.1) is 0 Å². The van der Waals surface area contributed by atoms with Crippen LogP contribution in [-0.4, -0.2) is 20.4 Å². The summed E-state index contributed by atoms with van der Waals surface area (Å²) in [5.74, 6) is 1.02. The minimum atomic E-state index is 0.458. The van der Waals surface area contributed by atoms with Crippen molar-refractivity contribution in [3.63, 3.8) is 0 Å². The molecule has 152 valence electrons. The second-order valence-electron chi connectivity index (χ2n) is 8.47. The van der Waals surface area contributed by atoms with E-state index in [0.29, 0.717) is 11.6 Å². The number of aromatic amines is 1. The first-order valence-electron chi connectivity index (χ1n) is 11.0. The molecule has 0 atom stereocenters. The van der Waals surface area contributed by atoms with E-state index >= 15 is 0 Å². The highest BCUT2D eigenvalue weighted by atomic mass is 15.1. The number of fused-ring (bicyclic) bond motifs is 4. The smallest absolute Gasteiger partial charge is 0.140 e. The van der Waals surface area contributed by atoms with Crippen molar-refractivity contribution >= 4 is 33.3 Å². The summed E-state index contributed by atoms with van der Waals surface area (Å²) in [6, 6.07) is 21.3. The van der Waals surface area contributed by atoms with Gasteiger partial charge in [-0.25, -0.2) is 4.98 Å². The van der Waals surface area contributed by atoms with E-state index in [2.05, 4.69) is 63.2 Å². The number of nitrogens with one attached hydrogen (secondary N) is 2. The van der Waals surface area contributed by atoms with Gasteiger partial charge in [-0.05, 0) is 43.2 Å². The molecule has 5 heteroatoms. The van der Waals surface area contributed by atoms with Crippen molar-refractivity contribution in [3.8, 4) is 17.3 Å². The first kappa shape index (κ1) is 18.0. The van der Waals surface area contributed by atoms with Crippen LogP contribution in [0.3, 0.4) is 0 Å². The van der Waals surface area contributed by atoms with Crippen LogP contribution in [0.5, 0.6) is 0 Å². The molecule has 3 heterocycles. The number of hydrogen-bond acceptors (Lipinski definition) is 3. The Morgan fingerprint density at radius 2 is 1.81 bits per heavy atom. The predicted molar refractivity (Wildman–Crippen MR) is 125 cm³/mol. The van der Waals surface area contributed by atoms with E-state index in [9.17, 15) is 5.26 Å². The SMILES string of the molecule is N#Cc1ccn2c(NC3CCCCC3)c(-c3ccc4[nH]c5ccccc5c4c3)nc2c1. The predicted octanol–water partition coefficient (Wildman–Crippen LogP) is 6.25. The number of pyridine rings is 1. The summed E-state index contributed by atoms with van der Waals surface area (Å²) >= 11 is 0. The van der Waals surface area contributed by atoms with Crippen LogP contribution in [0, 0.1) is 11.3 Å². The Labute approximate surface area is 180 Å². The summed E-state index contributed by atoms with van der Waals surface area (Å²) in [6.07, 6.45) is 8.18. The molecule has 0 saturated heterocycles. The number of nitriles is 1. The summed E-state index contributed by atoms with van der Waals surface area (Å²) in [4.78, 5) is 8.47. The Kier molecular flexibility index (Phi) is 4.17. The Hall–Kier alpha value is -3.78. The van der Waals surface area contributed by atoms with Gasteiger partial charge in [0.15, 0.2) is 0 Å². The molecular weight excluding hydrogens is 382 g/mol. The van der Waals surface area contributed by atoms with Gasteiger partial charge in [-0.2, -0.15) is 5.26 Å². The number of imidazole rings is 1. The highest BCUT2D eigenvalue weighted by molar-refractivity contribution is 6.08. The van der Waals surface area contributed by atoms with Crippen LogP contribution in [0.4, 0.5) is 5.82 Å². The third-order valence-corrected chi connectivity index (χ3v) is 6.48. The van der Waals surface area contributed by atoms with E-state index in [1.54, 1.807) is 0 Å². The minimum absolute atomic E-state index is 0.458. The fourth-order valence-corrected chi connectivity index (χ4v) is 4.89. The van der Waals surface area contributed by atoms with Gasteiger partial charge in [0.25, 0.3) is 0 Å². The zero-order chi connectivity index (χ0) is 20.8. The molecule has 0 bridgehead atoms. The highest BCUT2D eigenvalue weighted by Gasteiger charge is 2.20. The lowest BCUT2D eigenvalue weighted by Crippen LogP contribution is -2.23. The largest absolute Gasteiger partial charge is 0.367 e. The molecule has 0 spiro atoms. The molecule has 0 aliphatic heterocycles. The Morgan fingerprint density at radius 1 is 0.968 bits per heavy atom. The van der Waals surface area contributed by atoms with Gasteiger partial charge >= 0.3 is 0 Å². The molecule has 5 nitrogen and oxygen atoms in total. The highest BCUT2D eigenvalue weighted by Crippen LogP contribution is 2.35. The van der Waals surface area contributed by atoms with Crippen LogP contribution in [-0.2, 0) is 0 Å². The topological polar surface area (TPSA) is 68.9 Å². The molecule has 2 aromatic carbocycles. The molecule has 2 N–H and O–H groups in total. The van der Waals surface area contributed by atoms with E-state index in [4.69, 9.17) is 4.98 Å². The Bertz CT molecular complexity index is 1460. The lowest BCUT2D eigenvalue weighted by atomic mass is 9.95. The van der Waals surface area contributed by atoms with Crippen molar-refractivity contribution in [2.24, 2.45) is 0 Å². The third-order valence-electron chi connectivity index (χ3n) is 6.48. The van der Waals surface area contributed by atoms with Crippen LogP contribution in [0.15, 0.2) is 60.8 Å². The van der Waals surface area contributed by atoms with Gasteiger partial charge in [-0.1, -0.05) is 43.5 Å². The van der Waals surface area contributed by atoms with E-state index in [1.165, 1.54) is 42.9 Å². The average Bonchev–Trinajstić information content (AvgIpc) is 3.37. The van der Waals surface area contributed by atoms with Crippen molar-refractivity contribution < 1.29 is 0 Å². The van der Waals surface area contributed by atoms with Gasteiger partial charge < -0.3 is 10.3 Å². The minimum Gasteiger partial charge on any atom is -0.367 e. The molecule has 1 fully saturated rings. The van der Waals surface area contributed by atoms with Gasteiger partial charge in [-0.3, -0.25) is 4.40 Å². The lowest BCUT2D eigenvalue weighted by Gasteiger charge is -2.24. The fourth-order valence-electron chi connectivity index (χ4n) is 4.89. The standard InChI is InChI=1S/C26H23N5/c27-16-17-12-13-31-24(14-17)30-25(26(31)28-19-6-2-1-3-7-19)18-10-11-23-21(15-18)20-8-4-5-9-22(20)29-23/h4-5,8-15,19,28-29H,1-3,6-7H2. The van der Waals surface area contributed by atoms with E-state index in [0.717, 1.165) is 33.8 Å². The van der Waals surface area contributed by atoms with Crippen LogP contribution in [0.1, 0.15) is 37.7 Å². The van der Waals surface area contributed by atoms with Crippen molar-refractivity contribution in [2.45, 2.75) is 38.1 Å².